The van der Waals surface area contributed by atoms with Gasteiger partial charge in [0.15, 0.2) is 9.84 Å². The Kier molecular flexibility index (Phi) is 2.42. The molecule has 0 fully saturated rings. The maximum atomic E-state index is 12.1. The molecule has 86 valence electrons. The maximum Gasteiger partial charge on any atom is 0.181 e. The summed E-state index contributed by atoms with van der Waals surface area (Å²) in [7, 11) is -3.30. The number of hydrogen-bond acceptors (Lipinski definition) is 3. The SMILES string of the molecule is CC(C)S(=O)(=O)c1cc(N)cc2[nH]ccc12. The van der Waals surface area contributed by atoms with Crippen LogP contribution < -0.4 is 5.73 Å². The smallest absolute Gasteiger partial charge is 0.181 e. The van der Waals surface area contributed by atoms with Gasteiger partial charge < -0.3 is 10.7 Å². The highest BCUT2D eigenvalue weighted by atomic mass is 32.2. The zero-order chi connectivity index (χ0) is 11.9. The van der Waals surface area contributed by atoms with E-state index in [1.807, 2.05) is 0 Å². The van der Waals surface area contributed by atoms with E-state index >= 15 is 0 Å². The molecule has 0 amide bonds. The lowest BCUT2D eigenvalue weighted by Crippen LogP contribution is -2.14. The van der Waals surface area contributed by atoms with Crippen molar-refractivity contribution in [3.05, 3.63) is 24.4 Å². The van der Waals surface area contributed by atoms with E-state index in [0.29, 0.717) is 16.0 Å². The second-order valence-corrected chi connectivity index (χ2v) is 6.52. The predicted molar refractivity (Wildman–Crippen MR) is 65.0 cm³/mol. The minimum atomic E-state index is -3.30. The maximum absolute atomic E-state index is 12.1. The first-order chi connectivity index (χ1) is 7.43. The molecule has 0 saturated carbocycles. The van der Waals surface area contributed by atoms with Gasteiger partial charge in [0.1, 0.15) is 0 Å². The van der Waals surface area contributed by atoms with Gasteiger partial charge in [-0.25, -0.2) is 8.42 Å². The number of aromatic amines is 1. The molecule has 0 aliphatic rings. The van der Waals surface area contributed by atoms with Crippen molar-refractivity contribution < 1.29 is 8.42 Å². The third kappa shape index (κ3) is 1.57. The average Bonchev–Trinajstić information content (AvgIpc) is 2.63. The summed E-state index contributed by atoms with van der Waals surface area (Å²) in [5.41, 5.74) is 6.90. The third-order valence-electron chi connectivity index (χ3n) is 2.58. The number of nitrogens with two attached hydrogens (primary N) is 1. The number of aromatic nitrogens is 1. The van der Waals surface area contributed by atoms with Gasteiger partial charge in [-0.15, -0.1) is 0 Å². The molecular formula is C11H14N2O2S. The number of nitrogen functional groups attached to an aromatic ring is 1. The Hall–Kier alpha value is -1.49. The summed E-state index contributed by atoms with van der Waals surface area (Å²) < 4.78 is 24.3. The van der Waals surface area contributed by atoms with Crippen LogP contribution in [0.5, 0.6) is 0 Å². The third-order valence-corrected chi connectivity index (χ3v) is 4.77. The van der Waals surface area contributed by atoms with E-state index in [9.17, 15) is 8.42 Å². The lowest BCUT2D eigenvalue weighted by molar-refractivity contribution is 0.588. The molecule has 0 bridgehead atoms. The van der Waals surface area contributed by atoms with Gasteiger partial charge in [-0.1, -0.05) is 0 Å². The molecule has 0 spiro atoms. The van der Waals surface area contributed by atoms with E-state index in [0.717, 1.165) is 5.52 Å². The van der Waals surface area contributed by atoms with E-state index in [2.05, 4.69) is 4.98 Å². The Bertz CT molecular complexity index is 626. The molecule has 4 nitrogen and oxygen atoms in total. The van der Waals surface area contributed by atoms with Crippen molar-refractivity contribution in [2.75, 3.05) is 5.73 Å². The summed E-state index contributed by atoms with van der Waals surface area (Å²) in [6.45, 7) is 3.33. The van der Waals surface area contributed by atoms with Crippen LogP contribution in [-0.4, -0.2) is 18.7 Å². The van der Waals surface area contributed by atoms with Gasteiger partial charge in [0.25, 0.3) is 0 Å². The summed E-state index contributed by atoms with van der Waals surface area (Å²) in [4.78, 5) is 3.27. The number of rotatable bonds is 2. The monoisotopic (exact) mass is 238 g/mol. The first-order valence-electron chi connectivity index (χ1n) is 5.03. The van der Waals surface area contributed by atoms with Crippen LogP contribution in [-0.2, 0) is 9.84 Å². The first kappa shape index (κ1) is 11.0. The lowest BCUT2D eigenvalue weighted by atomic mass is 10.2. The van der Waals surface area contributed by atoms with Crippen LogP contribution in [0.2, 0.25) is 0 Å². The van der Waals surface area contributed by atoms with E-state index in [1.54, 1.807) is 32.2 Å². The molecule has 1 aromatic heterocycles. The van der Waals surface area contributed by atoms with Gasteiger partial charge in [0, 0.05) is 22.8 Å². The molecule has 0 atom stereocenters. The van der Waals surface area contributed by atoms with Gasteiger partial charge in [-0.2, -0.15) is 0 Å². The largest absolute Gasteiger partial charge is 0.399 e. The van der Waals surface area contributed by atoms with Crippen LogP contribution in [0, 0.1) is 0 Å². The van der Waals surface area contributed by atoms with Crippen LogP contribution in [0.4, 0.5) is 5.69 Å². The van der Waals surface area contributed by atoms with Crippen molar-refractivity contribution >= 4 is 26.4 Å². The number of anilines is 1. The Morgan fingerprint density at radius 1 is 1.31 bits per heavy atom. The average molecular weight is 238 g/mol. The van der Waals surface area contributed by atoms with Crippen molar-refractivity contribution in [1.29, 1.82) is 0 Å². The highest BCUT2D eigenvalue weighted by Gasteiger charge is 2.22. The molecule has 0 aliphatic heterocycles. The molecule has 5 heteroatoms. The second-order valence-electron chi connectivity index (χ2n) is 4.05. The molecule has 0 saturated heterocycles. The summed E-state index contributed by atoms with van der Waals surface area (Å²) in [6, 6.07) is 5.00. The molecule has 1 heterocycles. The van der Waals surface area contributed by atoms with Crippen LogP contribution in [0.3, 0.4) is 0 Å². The van der Waals surface area contributed by atoms with Crippen molar-refractivity contribution in [2.45, 2.75) is 24.0 Å². The normalized spacial score (nSPS) is 12.4. The fraction of sp³-hybridized carbons (Fsp3) is 0.273. The van der Waals surface area contributed by atoms with Gasteiger partial charge in [-0.05, 0) is 32.0 Å². The summed E-state index contributed by atoms with van der Waals surface area (Å²) in [6.07, 6.45) is 1.71. The number of fused-ring (bicyclic) bond motifs is 1. The van der Waals surface area contributed by atoms with E-state index in [4.69, 9.17) is 5.73 Å². The van der Waals surface area contributed by atoms with Crippen LogP contribution in [0.15, 0.2) is 29.3 Å². The Morgan fingerprint density at radius 2 is 2.00 bits per heavy atom. The molecule has 0 aliphatic carbocycles. The molecule has 2 rings (SSSR count). The van der Waals surface area contributed by atoms with Crippen LogP contribution in [0.1, 0.15) is 13.8 Å². The number of H-pyrrole nitrogens is 1. The topological polar surface area (TPSA) is 75.9 Å². The second kappa shape index (κ2) is 3.52. The van der Waals surface area contributed by atoms with Gasteiger partial charge >= 0.3 is 0 Å². The van der Waals surface area contributed by atoms with Gasteiger partial charge in [-0.3, -0.25) is 0 Å². The van der Waals surface area contributed by atoms with Crippen molar-refractivity contribution in [1.82, 2.24) is 4.98 Å². The highest BCUT2D eigenvalue weighted by molar-refractivity contribution is 7.92. The summed E-state index contributed by atoms with van der Waals surface area (Å²) >= 11 is 0. The van der Waals surface area contributed by atoms with Gasteiger partial charge in [0.05, 0.1) is 10.1 Å². The Morgan fingerprint density at radius 3 is 2.62 bits per heavy atom. The Labute approximate surface area is 94.4 Å². The molecule has 2 aromatic rings. The molecule has 1 aromatic carbocycles. The van der Waals surface area contributed by atoms with Crippen molar-refractivity contribution in [2.24, 2.45) is 0 Å². The van der Waals surface area contributed by atoms with Crippen molar-refractivity contribution in [3.63, 3.8) is 0 Å². The first-order valence-corrected chi connectivity index (χ1v) is 6.58. The summed E-state index contributed by atoms with van der Waals surface area (Å²) in [5, 5.41) is 0.246. The zero-order valence-corrected chi connectivity index (χ0v) is 10.0. The molecular weight excluding hydrogens is 224 g/mol. The predicted octanol–water partition coefficient (Wildman–Crippen LogP) is 1.93. The van der Waals surface area contributed by atoms with E-state index in [1.165, 1.54) is 6.07 Å². The van der Waals surface area contributed by atoms with Gasteiger partial charge in [0.2, 0.25) is 0 Å². The Balaban J connectivity index is 2.83. The minimum Gasteiger partial charge on any atom is -0.399 e. The van der Waals surface area contributed by atoms with E-state index in [-0.39, 0.29) is 0 Å². The number of benzene rings is 1. The van der Waals surface area contributed by atoms with E-state index < -0.39 is 15.1 Å². The fourth-order valence-corrected chi connectivity index (χ4v) is 2.94. The number of nitrogens with one attached hydrogen (secondary N) is 1. The standard InChI is InChI=1S/C11H14N2O2S/c1-7(2)16(14,15)11-6-8(12)5-10-9(11)3-4-13-10/h3-7,13H,12H2,1-2H3. The number of sulfone groups is 1. The zero-order valence-electron chi connectivity index (χ0n) is 9.19. The van der Waals surface area contributed by atoms with Crippen LogP contribution in [0.25, 0.3) is 10.9 Å². The van der Waals surface area contributed by atoms with Crippen LogP contribution >= 0.6 is 0 Å². The molecule has 16 heavy (non-hydrogen) atoms. The fourth-order valence-electron chi connectivity index (χ4n) is 1.64. The number of hydrogen-bond donors (Lipinski definition) is 2. The quantitative estimate of drug-likeness (QED) is 0.785. The molecule has 0 radical (unpaired) electrons. The minimum absolute atomic E-state index is 0.304. The van der Waals surface area contributed by atoms with Crippen molar-refractivity contribution in [3.8, 4) is 0 Å². The highest BCUT2D eigenvalue weighted by Crippen LogP contribution is 2.28. The molecule has 0 unspecified atom stereocenters. The lowest BCUT2D eigenvalue weighted by Gasteiger charge is -2.09. The molecule has 3 N–H and O–H groups in total. The summed E-state index contributed by atoms with van der Waals surface area (Å²) in [5.74, 6) is 0.